The van der Waals surface area contributed by atoms with Crippen LogP contribution in [0.25, 0.3) is 22.0 Å². The number of pyridine rings is 1. The van der Waals surface area contributed by atoms with Crippen LogP contribution >= 0.6 is 0 Å². The molecule has 3 heterocycles. The van der Waals surface area contributed by atoms with Gasteiger partial charge in [-0.3, -0.25) is 4.79 Å². The minimum absolute atomic E-state index is 0.121. The highest BCUT2D eigenvalue weighted by molar-refractivity contribution is 5.96. The van der Waals surface area contributed by atoms with E-state index in [0.717, 1.165) is 53.4 Å². The largest absolute Gasteiger partial charge is 0.437 e. The van der Waals surface area contributed by atoms with Crippen molar-refractivity contribution in [2.45, 2.75) is 45.1 Å². The number of aromatic nitrogens is 3. The molecule has 2 fully saturated rings. The van der Waals surface area contributed by atoms with E-state index >= 15 is 0 Å². The summed E-state index contributed by atoms with van der Waals surface area (Å²) in [5, 5.41) is 8.50. The van der Waals surface area contributed by atoms with Gasteiger partial charge in [-0.15, -0.1) is 0 Å². The lowest BCUT2D eigenvalue weighted by Crippen LogP contribution is -2.38. The molecule has 2 aromatic carbocycles. The number of nitrogens with zero attached hydrogens (tertiary/aromatic N) is 3. The molecule has 4 aromatic rings. The van der Waals surface area contributed by atoms with E-state index < -0.39 is 18.3 Å². The number of ketones is 1. The number of hydrogen-bond donors (Lipinski definition) is 2. The van der Waals surface area contributed by atoms with Crippen molar-refractivity contribution in [3.63, 3.8) is 0 Å². The minimum atomic E-state index is -2.44. The predicted octanol–water partition coefficient (Wildman–Crippen LogP) is 5.97. The van der Waals surface area contributed by atoms with Gasteiger partial charge >= 0.3 is 0 Å². The number of fused-ring (bicyclic) bond motifs is 1. The van der Waals surface area contributed by atoms with Crippen molar-refractivity contribution in [1.82, 2.24) is 20.3 Å². The summed E-state index contributed by atoms with van der Waals surface area (Å²) in [5.74, 6) is 0.106. The Bertz CT molecular complexity index is 1540. The van der Waals surface area contributed by atoms with Crippen molar-refractivity contribution in [3.8, 4) is 22.9 Å². The molecule has 206 valence electrons. The first-order chi connectivity index (χ1) is 19.5. The second-order valence-electron chi connectivity index (χ2n) is 10.6. The molecule has 40 heavy (non-hydrogen) atoms. The van der Waals surface area contributed by atoms with E-state index in [9.17, 15) is 13.6 Å². The standard InChI is InChI=1S/C31H31F2N5O2/c1-18-9-10-21-19(15-27(39)24-16-25(24)29(32)33)5-2-7-22(21)28(18)40-30-23(8-4-13-35-30)26-11-14-36-31(38-26)37-20-6-3-12-34-17-20/h2,4-5,7-11,13-14,20,24-25,29,34H,3,6,12,15-17H2,1H3,(H,36,37,38)/t20-,24+,25+/m0/s1. The first-order valence-electron chi connectivity index (χ1n) is 13.7. The van der Waals surface area contributed by atoms with Gasteiger partial charge in [0.05, 0.1) is 11.3 Å². The van der Waals surface area contributed by atoms with Gasteiger partial charge in [-0.05, 0) is 67.4 Å². The van der Waals surface area contributed by atoms with Crippen LogP contribution in [0.4, 0.5) is 14.7 Å². The number of rotatable bonds is 9. The average molecular weight is 544 g/mol. The molecule has 2 aromatic heterocycles. The summed E-state index contributed by atoms with van der Waals surface area (Å²) in [6.45, 7) is 3.86. The summed E-state index contributed by atoms with van der Waals surface area (Å²) in [5.41, 5.74) is 3.12. The molecule has 1 aliphatic heterocycles. The van der Waals surface area contributed by atoms with Crippen LogP contribution in [0.2, 0.25) is 0 Å². The van der Waals surface area contributed by atoms with Gasteiger partial charge in [-0.2, -0.15) is 0 Å². The lowest BCUT2D eigenvalue weighted by atomic mass is 9.96. The number of piperidine rings is 1. The summed E-state index contributed by atoms with van der Waals surface area (Å²) < 4.78 is 32.5. The molecule has 1 aliphatic carbocycles. The molecule has 6 rings (SSSR count). The molecule has 0 spiro atoms. The third-order valence-electron chi connectivity index (χ3n) is 7.77. The molecule has 0 radical (unpaired) electrons. The third kappa shape index (κ3) is 5.51. The van der Waals surface area contributed by atoms with E-state index in [1.165, 1.54) is 0 Å². The highest BCUT2D eigenvalue weighted by atomic mass is 19.3. The van der Waals surface area contributed by atoms with Crippen molar-refractivity contribution in [1.29, 1.82) is 0 Å². The summed E-state index contributed by atoms with van der Waals surface area (Å²) in [6, 6.07) is 15.4. The average Bonchev–Trinajstić information content (AvgIpc) is 3.78. The van der Waals surface area contributed by atoms with Gasteiger partial charge in [0.2, 0.25) is 18.3 Å². The number of aryl methyl sites for hydroxylation is 1. The van der Waals surface area contributed by atoms with Gasteiger partial charge in [0, 0.05) is 48.6 Å². The van der Waals surface area contributed by atoms with E-state index in [-0.39, 0.29) is 24.7 Å². The Morgan fingerprint density at radius 1 is 1.10 bits per heavy atom. The van der Waals surface area contributed by atoms with Crippen LogP contribution < -0.4 is 15.4 Å². The maximum atomic E-state index is 13.0. The number of alkyl halides is 2. The number of ether oxygens (including phenoxy) is 1. The number of carbonyl (C=O) groups excluding carboxylic acids is 1. The van der Waals surface area contributed by atoms with Crippen LogP contribution in [0.1, 0.15) is 30.4 Å². The smallest absolute Gasteiger partial charge is 0.242 e. The van der Waals surface area contributed by atoms with Gasteiger partial charge in [-0.1, -0.05) is 30.3 Å². The second kappa shape index (κ2) is 11.3. The number of hydrogen-bond acceptors (Lipinski definition) is 7. The SMILES string of the molecule is Cc1ccc2c(CC(=O)[C@@H]3C[C@H]3C(F)F)cccc2c1Oc1ncccc1-c1ccnc(N[C@H]2CCCNC2)n1. The molecule has 7 nitrogen and oxygen atoms in total. The molecule has 2 aliphatic rings. The molecule has 1 saturated carbocycles. The zero-order valence-corrected chi connectivity index (χ0v) is 22.2. The van der Waals surface area contributed by atoms with Crippen molar-refractivity contribution in [2.75, 3.05) is 18.4 Å². The monoisotopic (exact) mass is 543 g/mol. The van der Waals surface area contributed by atoms with E-state index in [0.29, 0.717) is 23.3 Å². The molecule has 0 amide bonds. The summed E-state index contributed by atoms with van der Waals surface area (Å²) >= 11 is 0. The molecule has 2 N–H and O–H groups in total. The lowest BCUT2D eigenvalue weighted by molar-refractivity contribution is -0.120. The number of anilines is 1. The van der Waals surface area contributed by atoms with Crippen LogP contribution in [0.5, 0.6) is 11.6 Å². The Morgan fingerprint density at radius 2 is 2.00 bits per heavy atom. The number of halogens is 2. The zero-order valence-electron chi connectivity index (χ0n) is 22.2. The van der Waals surface area contributed by atoms with E-state index in [1.807, 2.05) is 55.5 Å². The first-order valence-corrected chi connectivity index (χ1v) is 13.7. The van der Waals surface area contributed by atoms with E-state index in [1.54, 1.807) is 12.4 Å². The zero-order chi connectivity index (χ0) is 27.6. The Balaban J connectivity index is 1.29. The number of carbonyl (C=O) groups is 1. The summed E-state index contributed by atoms with van der Waals surface area (Å²) in [6.07, 6.45) is 3.51. The molecule has 1 saturated heterocycles. The van der Waals surface area contributed by atoms with Crippen molar-refractivity contribution in [3.05, 3.63) is 72.1 Å². The van der Waals surface area contributed by atoms with E-state index in [2.05, 4.69) is 20.6 Å². The molecule has 0 unspecified atom stereocenters. The second-order valence-corrected chi connectivity index (χ2v) is 10.6. The van der Waals surface area contributed by atoms with Gasteiger partial charge < -0.3 is 15.4 Å². The number of nitrogens with one attached hydrogen (secondary N) is 2. The Morgan fingerprint density at radius 3 is 2.80 bits per heavy atom. The van der Waals surface area contributed by atoms with Crippen LogP contribution in [0, 0.1) is 18.8 Å². The summed E-state index contributed by atoms with van der Waals surface area (Å²) in [7, 11) is 0. The van der Waals surface area contributed by atoms with Crippen molar-refractivity contribution >= 4 is 22.5 Å². The Kier molecular flexibility index (Phi) is 7.38. The fourth-order valence-electron chi connectivity index (χ4n) is 5.48. The fraction of sp³-hybridized carbons (Fsp3) is 0.355. The quantitative estimate of drug-likeness (QED) is 0.269. The molecule has 0 bridgehead atoms. The van der Waals surface area contributed by atoms with Crippen LogP contribution in [0.15, 0.2) is 60.9 Å². The van der Waals surface area contributed by atoms with E-state index in [4.69, 9.17) is 9.72 Å². The first kappa shape index (κ1) is 26.3. The molecule has 3 atom stereocenters. The predicted molar refractivity (Wildman–Crippen MR) is 150 cm³/mol. The number of benzene rings is 2. The van der Waals surface area contributed by atoms with Gasteiger partial charge in [0.25, 0.3) is 0 Å². The highest BCUT2D eigenvalue weighted by Crippen LogP contribution is 2.45. The normalized spacial score (nSPS) is 20.4. The van der Waals surface area contributed by atoms with Crippen LogP contribution in [-0.2, 0) is 11.2 Å². The van der Waals surface area contributed by atoms with Crippen LogP contribution in [0.3, 0.4) is 0 Å². The number of Topliss-reactive ketones (excluding diaryl/α,β-unsaturated/α-hetero) is 1. The highest BCUT2D eigenvalue weighted by Gasteiger charge is 2.48. The van der Waals surface area contributed by atoms with Crippen molar-refractivity contribution < 1.29 is 18.3 Å². The maximum absolute atomic E-state index is 13.0. The third-order valence-corrected chi connectivity index (χ3v) is 7.77. The molecular formula is C31H31F2N5O2. The minimum Gasteiger partial charge on any atom is -0.437 e. The van der Waals surface area contributed by atoms with Crippen LogP contribution in [-0.4, -0.2) is 46.3 Å². The lowest BCUT2D eigenvalue weighted by Gasteiger charge is -2.23. The summed E-state index contributed by atoms with van der Waals surface area (Å²) in [4.78, 5) is 26.4. The topological polar surface area (TPSA) is 89.0 Å². The maximum Gasteiger partial charge on any atom is 0.242 e. The molecule has 9 heteroatoms. The fourth-order valence-corrected chi connectivity index (χ4v) is 5.48. The van der Waals surface area contributed by atoms with Crippen molar-refractivity contribution in [2.24, 2.45) is 11.8 Å². The molecular weight excluding hydrogens is 512 g/mol. The van der Waals surface area contributed by atoms with Gasteiger partial charge in [0.1, 0.15) is 11.5 Å². The Labute approximate surface area is 231 Å². The van der Waals surface area contributed by atoms with Gasteiger partial charge in [0.15, 0.2) is 0 Å². The Hall–Kier alpha value is -3.98. The van der Waals surface area contributed by atoms with Gasteiger partial charge in [-0.25, -0.2) is 23.7 Å².